The molecule has 1 aromatic heterocycles. The number of benzene rings is 1. The molecule has 4 heteroatoms. The maximum absolute atomic E-state index is 5.81. The summed E-state index contributed by atoms with van der Waals surface area (Å²) in [6.07, 6.45) is 0. The molecule has 0 fully saturated rings. The fourth-order valence-electron chi connectivity index (χ4n) is 1.95. The minimum Gasteiger partial charge on any atom is -0.487 e. The van der Waals surface area contributed by atoms with Crippen molar-refractivity contribution >= 4 is 11.6 Å². The largest absolute Gasteiger partial charge is 0.487 e. The van der Waals surface area contributed by atoms with Crippen molar-refractivity contribution in [2.24, 2.45) is 0 Å². The van der Waals surface area contributed by atoms with Crippen molar-refractivity contribution in [2.45, 2.75) is 27.0 Å². The first kappa shape index (κ1) is 14.5. The van der Waals surface area contributed by atoms with Crippen molar-refractivity contribution in [1.82, 2.24) is 9.78 Å². The summed E-state index contributed by atoms with van der Waals surface area (Å²) >= 11 is 5.55. The van der Waals surface area contributed by atoms with Crippen molar-refractivity contribution in [3.8, 4) is 17.6 Å². The van der Waals surface area contributed by atoms with E-state index in [0.717, 1.165) is 29.2 Å². The number of hydrogen-bond acceptors (Lipinski definition) is 2. The maximum atomic E-state index is 5.81. The number of ether oxygens (including phenoxy) is 1. The van der Waals surface area contributed by atoms with E-state index in [1.165, 1.54) is 0 Å². The molecule has 0 amide bonds. The minimum absolute atomic E-state index is 0.333. The second-order valence-electron chi connectivity index (χ2n) is 4.34. The van der Waals surface area contributed by atoms with Gasteiger partial charge in [-0.15, -0.1) is 11.6 Å². The summed E-state index contributed by atoms with van der Waals surface area (Å²) in [4.78, 5) is 0. The fraction of sp³-hybridized carbons (Fsp3) is 0.312. The first-order chi connectivity index (χ1) is 9.72. The second-order valence-corrected chi connectivity index (χ2v) is 4.61. The van der Waals surface area contributed by atoms with Crippen LogP contribution in [0.4, 0.5) is 0 Å². The summed E-state index contributed by atoms with van der Waals surface area (Å²) in [5.74, 6) is 6.95. The highest BCUT2D eigenvalue weighted by atomic mass is 35.5. The molecular formula is C16H17ClN2O. The number of halogens is 1. The zero-order valence-electron chi connectivity index (χ0n) is 11.7. The van der Waals surface area contributed by atoms with E-state index in [0.29, 0.717) is 12.5 Å². The van der Waals surface area contributed by atoms with Gasteiger partial charge in [0.2, 0.25) is 0 Å². The predicted molar refractivity (Wildman–Crippen MR) is 81.0 cm³/mol. The molecule has 1 aromatic carbocycles. The van der Waals surface area contributed by atoms with E-state index in [1.807, 2.05) is 41.9 Å². The molecule has 0 aliphatic carbocycles. The first-order valence-corrected chi connectivity index (χ1v) is 7.07. The second kappa shape index (κ2) is 7.02. The molecule has 0 aliphatic heterocycles. The van der Waals surface area contributed by atoms with Gasteiger partial charge in [-0.1, -0.05) is 17.9 Å². The van der Waals surface area contributed by atoms with E-state index in [1.54, 1.807) is 0 Å². The lowest BCUT2D eigenvalue weighted by molar-refractivity contribution is 0.292. The average Bonchev–Trinajstić information content (AvgIpc) is 2.83. The van der Waals surface area contributed by atoms with Gasteiger partial charge >= 0.3 is 0 Å². The van der Waals surface area contributed by atoms with Gasteiger partial charge in [0.15, 0.2) is 0 Å². The molecule has 2 rings (SSSR count). The Morgan fingerprint density at radius 2 is 2.20 bits per heavy atom. The van der Waals surface area contributed by atoms with Crippen LogP contribution in [0.5, 0.6) is 5.75 Å². The third-order valence-electron chi connectivity index (χ3n) is 2.81. The third-order valence-corrected chi connectivity index (χ3v) is 2.94. The number of aryl methyl sites for hydroxylation is 2. The molecule has 0 atom stereocenters. The van der Waals surface area contributed by atoms with Crippen LogP contribution < -0.4 is 4.74 Å². The van der Waals surface area contributed by atoms with Gasteiger partial charge in [-0.25, -0.2) is 0 Å². The summed E-state index contributed by atoms with van der Waals surface area (Å²) in [6.45, 7) is 5.39. The Morgan fingerprint density at radius 1 is 1.35 bits per heavy atom. The lowest BCUT2D eigenvalue weighted by Crippen LogP contribution is -2.06. The van der Waals surface area contributed by atoms with Gasteiger partial charge in [0.05, 0.1) is 17.3 Å². The van der Waals surface area contributed by atoms with E-state index < -0.39 is 0 Å². The zero-order chi connectivity index (χ0) is 14.4. The lowest BCUT2D eigenvalue weighted by Gasteiger charge is -2.07. The van der Waals surface area contributed by atoms with Gasteiger partial charge in [0.25, 0.3) is 0 Å². The van der Waals surface area contributed by atoms with Crippen LogP contribution in [0.25, 0.3) is 0 Å². The van der Waals surface area contributed by atoms with Crippen molar-refractivity contribution in [3.05, 3.63) is 47.3 Å². The van der Waals surface area contributed by atoms with Gasteiger partial charge in [0, 0.05) is 12.1 Å². The number of alkyl halides is 1. The molecule has 0 saturated carbocycles. The Morgan fingerprint density at radius 3 is 2.95 bits per heavy atom. The number of aromatic nitrogens is 2. The summed E-state index contributed by atoms with van der Waals surface area (Å²) in [6, 6.07) is 9.74. The SMILES string of the molecule is CCn1nc(C)cc1COc1cccc(C#CCCl)c1. The molecule has 0 saturated heterocycles. The summed E-state index contributed by atoms with van der Waals surface area (Å²) in [5, 5.41) is 4.40. The summed E-state index contributed by atoms with van der Waals surface area (Å²) in [5.41, 5.74) is 2.98. The van der Waals surface area contributed by atoms with Crippen LogP contribution in [0, 0.1) is 18.8 Å². The highest BCUT2D eigenvalue weighted by molar-refractivity contribution is 6.19. The van der Waals surface area contributed by atoms with E-state index >= 15 is 0 Å². The van der Waals surface area contributed by atoms with Gasteiger partial charge in [-0.05, 0) is 38.1 Å². The van der Waals surface area contributed by atoms with Crippen LogP contribution in [0.3, 0.4) is 0 Å². The molecular weight excluding hydrogens is 272 g/mol. The molecule has 1 heterocycles. The smallest absolute Gasteiger partial charge is 0.130 e. The van der Waals surface area contributed by atoms with E-state index in [4.69, 9.17) is 16.3 Å². The lowest BCUT2D eigenvalue weighted by atomic mass is 10.2. The highest BCUT2D eigenvalue weighted by Crippen LogP contribution is 2.15. The molecule has 0 unspecified atom stereocenters. The van der Waals surface area contributed by atoms with Crippen molar-refractivity contribution < 1.29 is 4.74 Å². The highest BCUT2D eigenvalue weighted by Gasteiger charge is 2.05. The molecule has 0 aliphatic rings. The zero-order valence-corrected chi connectivity index (χ0v) is 12.4. The maximum Gasteiger partial charge on any atom is 0.130 e. The normalized spacial score (nSPS) is 9.95. The quantitative estimate of drug-likeness (QED) is 0.637. The van der Waals surface area contributed by atoms with Crippen molar-refractivity contribution in [3.63, 3.8) is 0 Å². The van der Waals surface area contributed by atoms with Gasteiger partial charge < -0.3 is 4.74 Å². The summed E-state index contributed by atoms with van der Waals surface area (Å²) in [7, 11) is 0. The fourth-order valence-corrected chi connectivity index (χ4v) is 2.01. The molecule has 0 radical (unpaired) electrons. The molecule has 0 N–H and O–H groups in total. The van der Waals surface area contributed by atoms with Crippen molar-refractivity contribution in [1.29, 1.82) is 0 Å². The van der Waals surface area contributed by atoms with E-state index in [9.17, 15) is 0 Å². The van der Waals surface area contributed by atoms with Gasteiger partial charge in [-0.2, -0.15) is 5.10 Å². The van der Waals surface area contributed by atoms with Gasteiger partial charge in [-0.3, -0.25) is 4.68 Å². The van der Waals surface area contributed by atoms with Crippen LogP contribution in [-0.2, 0) is 13.2 Å². The first-order valence-electron chi connectivity index (χ1n) is 6.54. The molecule has 0 spiro atoms. The van der Waals surface area contributed by atoms with E-state index in [2.05, 4.69) is 23.9 Å². The Balaban J connectivity index is 2.06. The molecule has 104 valence electrons. The van der Waals surface area contributed by atoms with E-state index in [-0.39, 0.29) is 0 Å². The number of hydrogen-bond donors (Lipinski definition) is 0. The number of rotatable bonds is 4. The van der Waals surface area contributed by atoms with Crippen LogP contribution in [-0.4, -0.2) is 15.7 Å². The Kier molecular flexibility index (Phi) is 5.09. The number of nitrogens with zero attached hydrogens (tertiary/aromatic N) is 2. The topological polar surface area (TPSA) is 27.1 Å². The Hall–Kier alpha value is -1.92. The Labute approximate surface area is 124 Å². The monoisotopic (exact) mass is 288 g/mol. The third kappa shape index (κ3) is 3.79. The average molecular weight is 289 g/mol. The summed E-state index contributed by atoms with van der Waals surface area (Å²) < 4.78 is 7.76. The van der Waals surface area contributed by atoms with Crippen LogP contribution in [0.15, 0.2) is 30.3 Å². The predicted octanol–water partition coefficient (Wildman–Crippen LogP) is 3.38. The molecule has 0 bridgehead atoms. The minimum atomic E-state index is 0.333. The molecule has 20 heavy (non-hydrogen) atoms. The molecule has 2 aromatic rings. The van der Waals surface area contributed by atoms with Crippen LogP contribution in [0.2, 0.25) is 0 Å². The van der Waals surface area contributed by atoms with Crippen LogP contribution in [0.1, 0.15) is 23.9 Å². The standard InChI is InChI=1S/C16H17ClN2O/c1-3-19-15(10-13(2)18-19)12-20-16-8-4-6-14(11-16)7-5-9-17/h4,6,8,10-11H,3,9,12H2,1-2H3. The van der Waals surface area contributed by atoms with Crippen LogP contribution >= 0.6 is 11.6 Å². The van der Waals surface area contributed by atoms with Gasteiger partial charge in [0.1, 0.15) is 12.4 Å². The van der Waals surface area contributed by atoms with Crippen molar-refractivity contribution in [2.75, 3.05) is 5.88 Å². The molecule has 3 nitrogen and oxygen atoms in total. The Bertz CT molecular complexity index is 637.